The van der Waals surface area contributed by atoms with E-state index >= 15 is 0 Å². The lowest BCUT2D eigenvalue weighted by atomic mass is 9.89. The van der Waals surface area contributed by atoms with E-state index in [1.807, 2.05) is 85.8 Å². The molecular weight excluding hydrogens is 508 g/mol. The molecule has 0 spiro atoms. The van der Waals surface area contributed by atoms with E-state index in [0.717, 1.165) is 47.3 Å². The first kappa shape index (κ1) is 31.9. The van der Waals surface area contributed by atoms with Gasteiger partial charge in [0.2, 0.25) is 11.8 Å². The summed E-state index contributed by atoms with van der Waals surface area (Å²) in [6.45, 7) is 12.1. The molecule has 2 amide bonds. The van der Waals surface area contributed by atoms with Gasteiger partial charge in [-0.15, -0.1) is 0 Å². The second-order valence-electron chi connectivity index (χ2n) is 11.2. The molecule has 0 aliphatic carbocycles. The Morgan fingerprint density at radius 3 is 2.27 bits per heavy atom. The Labute approximate surface area is 247 Å². The topological polar surface area (TPSA) is 58.6 Å². The zero-order valence-corrected chi connectivity index (χ0v) is 25.6. The first-order chi connectivity index (χ1) is 19.9. The minimum Gasteiger partial charge on any atom is -0.489 e. The first-order valence-corrected chi connectivity index (χ1v) is 15.3. The number of fused-ring (bicyclic) bond motifs is 1. The molecule has 4 rings (SSSR count). The summed E-state index contributed by atoms with van der Waals surface area (Å²) < 4.78 is 6.06. The van der Waals surface area contributed by atoms with E-state index in [2.05, 4.69) is 33.0 Å². The largest absolute Gasteiger partial charge is 0.489 e. The fourth-order valence-corrected chi connectivity index (χ4v) is 5.11. The molecule has 1 aliphatic rings. The van der Waals surface area contributed by atoms with E-state index in [1.165, 1.54) is 6.42 Å². The van der Waals surface area contributed by atoms with Gasteiger partial charge in [0.15, 0.2) is 0 Å². The van der Waals surface area contributed by atoms with E-state index in [-0.39, 0.29) is 17.7 Å². The monoisotopic (exact) mass is 556 g/mol. The molecule has 0 radical (unpaired) electrons. The molecule has 0 fully saturated rings. The predicted molar refractivity (Wildman–Crippen MR) is 168 cm³/mol. The summed E-state index contributed by atoms with van der Waals surface area (Å²) in [4.78, 5) is 29.2. The maximum atomic E-state index is 13.8. The van der Waals surface area contributed by atoms with Gasteiger partial charge in [0.1, 0.15) is 18.4 Å². The normalized spacial score (nSPS) is 15.5. The summed E-state index contributed by atoms with van der Waals surface area (Å²) in [5, 5.41) is 3.16. The number of rotatable bonds is 11. The lowest BCUT2D eigenvalue weighted by molar-refractivity contribution is -0.142. The van der Waals surface area contributed by atoms with Crippen molar-refractivity contribution in [2.24, 2.45) is 5.92 Å². The van der Waals surface area contributed by atoms with Gasteiger partial charge in [-0.3, -0.25) is 9.59 Å². The van der Waals surface area contributed by atoms with Crippen LogP contribution < -0.4 is 10.1 Å². The molecule has 0 bridgehead atoms. The van der Waals surface area contributed by atoms with Crippen LogP contribution in [0.15, 0.2) is 78.9 Å². The highest BCUT2D eigenvalue weighted by atomic mass is 16.5. The molecule has 1 N–H and O–H groups in total. The molecule has 3 aromatic carbocycles. The van der Waals surface area contributed by atoms with Gasteiger partial charge in [-0.05, 0) is 60.1 Å². The highest BCUT2D eigenvalue weighted by molar-refractivity contribution is 5.92. The van der Waals surface area contributed by atoms with Crippen LogP contribution in [0.3, 0.4) is 0 Å². The van der Waals surface area contributed by atoms with Crippen molar-refractivity contribution in [3.05, 3.63) is 101 Å². The number of unbranched alkanes of at least 4 members (excludes halogenated alkanes) is 1. The van der Waals surface area contributed by atoms with Crippen LogP contribution in [0.2, 0.25) is 0 Å². The van der Waals surface area contributed by atoms with Crippen LogP contribution in [0, 0.1) is 5.92 Å². The summed E-state index contributed by atoms with van der Waals surface area (Å²) in [7, 11) is 0. The van der Waals surface area contributed by atoms with E-state index in [9.17, 15) is 9.59 Å². The number of nitrogens with zero attached hydrogens (tertiary/aromatic N) is 1. The summed E-state index contributed by atoms with van der Waals surface area (Å²) in [6, 6.07) is 25.1. The van der Waals surface area contributed by atoms with Crippen LogP contribution in [0.25, 0.3) is 0 Å². The van der Waals surface area contributed by atoms with Gasteiger partial charge in [-0.2, -0.15) is 0 Å². The van der Waals surface area contributed by atoms with Crippen LogP contribution in [-0.4, -0.2) is 29.8 Å². The van der Waals surface area contributed by atoms with Crippen molar-refractivity contribution >= 4 is 11.8 Å². The maximum absolute atomic E-state index is 13.8. The van der Waals surface area contributed by atoms with Crippen molar-refractivity contribution in [2.45, 2.75) is 85.3 Å². The Balaban J connectivity index is 0.00000147. The van der Waals surface area contributed by atoms with Crippen LogP contribution in [-0.2, 0) is 22.6 Å². The zero-order valence-electron chi connectivity index (χ0n) is 25.6. The molecule has 3 unspecified atom stereocenters. The van der Waals surface area contributed by atoms with Crippen molar-refractivity contribution in [2.75, 3.05) is 13.1 Å². The Morgan fingerprint density at radius 2 is 1.61 bits per heavy atom. The maximum Gasteiger partial charge on any atom is 0.247 e. The average molecular weight is 557 g/mol. The Kier molecular flexibility index (Phi) is 12.9. The molecule has 3 aromatic rings. The number of carbonyl (C=O) groups excluding carboxylic acids is 2. The highest BCUT2D eigenvalue weighted by Gasteiger charge is 2.38. The summed E-state index contributed by atoms with van der Waals surface area (Å²) in [5.41, 5.74) is 4.01. The lowest BCUT2D eigenvalue weighted by Gasteiger charge is -2.38. The lowest BCUT2D eigenvalue weighted by Crippen LogP contribution is -2.49. The number of nitrogens with one attached hydrogen (secondary N) is 1. The van der Waals surface area contributed by atoms with Crippen molar-refractivity contribution in [3.8, 4) is 5.75 Å². The number of hydrogen-bond acceptors (Lipinski definition) is 3. The first-order valence-electron chi connectivity index (χ1n) is 15.3. The van der Waals surface area contributed by atoms with Crippen LogP contribution in [0.5, 0.6) is 5.75 Å². The van der Waals surface area contributed by atoms with Gasteiger partial charge >= 0.3 is 0 Å². The van der Waals surface area contributed by atoms with Gasteiger partial charge in [0.05, 0.1) is 5.92 Å². The third-order valence-corrected chi connectivity index (χ3v) is 7.47. The second kappa shape index (κ2) is 16.6. The summed E-state index contributed by atoms with van der Waals surface area (Å²) in [5.74, 6) is 0.705. The minimum atomic E-state index is -0.654. The average Bonchev–Trinajstić information content (AvgIpc) is 3.01. The van der Waals surface area contributed by atoms with Gasteiger partial charge in [0, 0.05) is 13.1 Å². The molecule has 5 nitrogen and oxygen atoms in total. The quantitative estimate of drug-likeness (QED) is 0.262. The predicted octanol–water partition coefficient (Wildman–Crippen LogP) is 7.85. The van der Waals surface area contributed by atoms with Gasteiger partial charge in [-0.1, -0.05) is 114 Å². The molecule has 3 atom stereocenters. The fourth-order valence-electron chi connectivity index (χ4n) is 5.11. The molecule has 1 heterocycles. The SMILES string of the molecule is CCC.CCCCC(C)CNC(=O)C1c2ccc(OCc3ccccc3)cc2CCN1C(=O)C(C)c1ccccc1. The summed E-state index contributed by atoms with van der Waals surface area (Å²) in [6.07, 6.45) is 5.30. The van der Waals surface area contributed by atoms with Crippen LogP contribution >= 0.6 is 0 Å². The number of hydrogen-bond donors (Lipinski definition) is 1. The number of benzene rings is 3. The molecule has 5 heteroatoms. The van der Waals surface area contributed by atoms with E-state index in [4.69, 9.17) is 4.74 Å². The van der Waals surface area contributed by atoms with Crippen LogP contribution in [0.4, 0.5) is 0 Å². The molecule has 41 heavy (non-hydrogen) atoms. The number of amides is 2. The number of ether oxygens (including phenoxy) is 1. The Hall–Kier alpha value is -3.60. The van der Waals surface area contributed by atoms with E-state index in [1.54, 1.807) is 4.90 Å². The Morgan fingerprint density at radius 1 is 0.951 bits per heavy atom. The van der Waals surface area contributed by atoms with Crippen molar-refractivity contribution in [1.29, 1.82) is 0 Å². The summed E-state index contributed by atoms with van der Waals surface area (Å²) >= 11 is 0. The fraction of sp³-hybridized carbons (Fsp3) is 0.444. The molecule has 0 aromatic heterocycles. The third-order valence-electron chi connectivity index (χ3n) is 7.47. The van der Waals surface area contributed by atoms with Crippen molar-refractivity contribution < 1.29 is 14.3 Å². The minimum absolute atomic E-state index is 0.0227. The highest BCUT2D eigenvalue weighted by Crippen LogP contribution is 2.35. The molecule has 220 valence electrons. The Bertz CT molecular complexity index is 1210. The molecule has 1 aliphatic heterocycles. The van der Waals surface area contributed by atoms with Crippen molar-refractivity contribution in [3.63, 3.8) is 0 Å². The zero-order chi connectivity index (χ0) is 29.6. The second-order valence-corrected chi connectivity index (χ2v) is 11.2. The standard InChI is InChI=1S/C33H40N2O3.C3H8/c1-4-5-12-24(2)22-34-32(36)31-30-18-17-29(38-23-26-13-8-6-9-14-26)21-28(30)19-20-35(31)33(37)25(3)27-15-10-7-11-16-27;1-3-2/h6-11,13-18,21,24-25,31H,4-5,12,19-20,22-23H2,1-3H3,(H,34,36);3H2,1-2H3. The van der Waals surface area contributed by atoms with Crippen molar-refractivity contribution in [1.82, 2.24) is 10.2 Å². The number of carbonyl (C=O) groups is 2. The van der Waals surface area contributed by atoms with E-state index < -0.39 is 6.04 Å². The van der Waals surface area contributed by atoms with Gasteiger partial charge in [0.25, 0.3) is 0 Å². The van der Waals surface area contributed by atoms with Gasteiger partial charge < -0.3 is 15.0 Å². The van der Waals surface area contributed by atoms with Gasteiger partial charge in [-0.25, -0.2) is 0 Å². The smallest absolute Gasteiger partial charge is 0.247 e. The molecule has 0 saturated carbocycles. The molecular formula is C36H48N2O3. The van der Waals surface area contributed by atoms with E-state index in [0.29, 0.717) is 32.0 Å². The molecule has 0 saturated heterocycles. The van der Waals surface area contributed by atoms with Crippen LogP contribution in [0.1, 0.15) is 94.5 Å². The third kappa shape index (κ3) is 9.21.